The third-order valence-corrected chi connectivity index (χ3v) is 3.81. The third-order valence-electron chi connectivity index (χ3n) is 2.75. The van der Waals surface area contributed by atoms with Gasteiger partial charge in [0.05, 0.1) is 9.62 Å². The Morgan fingerprint density at radius 2 is 2.10 bits per heavy atom. The van der Waals surface area contributed by atoms with Gasteiger partial charge in [-0.3, -0.25) is 10.1 Å². The molecular formula is C13H8ClN3O2S. The molecule has 0 saturated heterocycles. The first kappa shape index (κ1) is 12.8. The van der Waals surface area contributed by atoms with E-state index in [0.29, 0.717) is 10.8 Å². The van der Waals surface area contributed by atoms with Gasteiger partial charge in [-0.1, -0.05) is 17.7 Å². The van der Waals surface area contributed by atoms with Crippen LogP contribution in [0, 0.1) is 10.1 Å². The Kier molecular flexibility index (Phi) is 3.25. The molecule has 0 amide bonds. The summed E-state index contributed by atoms with van der Waals surface area (Å²) in [5.41, 5.74) is 0.836. The molecule has 7 heteroatoms. The first-order valence-electron chi connectivity index (χ1n) is 5.70. The van der Waals surface area contributed by atoms with Crippen LogP contribution in [-0.2, 0) is 0 Å². The molecule has 0 saturated carbocycles. The van der Waals surface area contributed by atoms with E-state index in [4.69, 9.17) is 11.6 Å². The van der Waals surface area contributed by atoms with E-state index >= 15 is 0 Å². The summed E-state index contributed by atoms with van der Waals surface area (Å²) >= 11 is 7.21. The molecule has 0 atom stereocenters. The van der Waals surface area contributed by atoms with Gasteiger partial charge in [-0.25, -0.2) is 0 Å². The molecule has 0 aliphatic carbocycles. The highest BCUT2D eigenvalue weighted by molar-refractivity contribution is 7.13. The Balaban J connectivity index is 2.03. The molecule has 0 unspecified atom stereocenters. The van der Waals surface area contributed by atoms with Crippen LogP contribution in [0.3, 0.4) is 0 Å². The van der Waals surface area contributed by atoms with Gasteiger partial charge in [0.1, 0.15) is 0 Å². The van der Waals surface area contributed by atoms with Gasteiger partial charge in [0, 0.05) is 28.2 Å². The molecule has 0 bridgehead atoms. The normalized spacial score (nSPS) is 10.7. The highest BCUT2D eigenvalue weighted by Crippen LogP contribution is 2.32. The average molecular weight is 306 g/mol. The van der Waals surface area contributed by atoms with Crippen LogP contribution in [-0.4, -0.2) is 9.30 Å². The number of non-ortho nitro benzene ring substituents is 1. The van der Waals surface area contributed by atoms with E-state index in [1.54, 1.807) is 18.2 Å². The maximum Gasteiger partial charge on any atom is 0.270 e. The van der Waals surface area contributed by atoms with Crippen LogP contribution in [0.25, 0.3) is 10.1 Å². The third kappa shape index (κ3) is 2.43. The molecule has 2 aromatic carbocycles. The molecular weight excluding hydrogens is 298 g/mol. The van der Waals surface area contributed by atoms with Gasteiger partial charge in [-0.2, -0.15) is 4.37 Å². The topological polar surface area (TPSA) is 68.1 Å². The second kappa shape index (κ2) is 5.07. The lowest BCUT2D eigenvalue weighted by Gasteiger charge is -2.03. The van der Waals surface area contributed by atoms with Gasteiger partial charge in [-0.15, -0.1) is 0 Å². The molecule has 0 radical (unpaired) electrons. The number of aromatic nitrogens is 1. The smallest absolute Gasteiger partial charge is 0.270 e. The monoisotopic (exact) mass is 305 g/mol. The predicted octanol–water partition coefficient (Wildman–Crippen LogP) is 4.60. The van der Waals surface area contributed by atoms with Crippen molar-refractivity contribution in [2.75, 3.05) is 5.32 Å². The zero-order chi connectivity index (χ0) is 14.1. The molecule has 1 heterocycles. The molecule has 0 aliphatic heterocycles. The minimum Gasteiger partial charge on any atom is -0.339 e. The molecule has 100 valence electrons. The van der Waals surface area contributed by atoms with Crippen LogP contribution in [0.4, 0.5) is 17.2 Å². The zero-order valence-electron chi connectivity index (χ0n) is 10.0. The van der Waals surface area contributed by atoms with Crippen molar-refractivity contribution in [1.82, 2.24) is 4.37 Å². The van der Waals surface area contributed by atoms with Crippen molar-refractivity contribution in [3.05, 3.63) is 57.6 Å². The fraction of sp³-hybridized carbons (Fsp3) is 0. The number of rotatable bonds is 3. The SMILES string of the molecule is O=[N+]([O-])c1ccc2snc(Nc3cccc(Cl)c3)c2c1. The van der Waals surface area contributed by atoms with Gasteiger partial charge < -0.3 is 5.32 Å². The molecule has 3 rings (SSSR count). The molecule has 0 aliphatic rings. The molecule has 5 nitrogen and oxygen atoms in total. The van der Waals surface area contributed by atoms with E-state index in [1.165, 1.54) is 23.7 Å². The second-order valence-electron chi connectivity index (χ2n) is 4.10. The van der Waals surface area contributed by atoms with Gasteiger partial charge in [0.2, 0.25) is 0 Å². The Morgan fingerprint density at radius 3 is 2.85 bits per heavy atom. The van der Waals surface area contributed by atoms with Crippen LogP contribution in [0.2, 0.25) is 5.02 Å². The number of benzene rings is 2. The molecule has 1 aromatic heterocycles. The van der Waals surface area contributed by atoms with Gasteiger partial charge >= 0.3 is 0 Å². The summed E-state index contributed by atoms with van der Waals surface area (Å²) in [4.78, 5) is 10.4. The summed E-state index contributed by atoms with van der Waals surface area (Å²) in [6, 6.07) is 11.9. The average Bonchev–Trinajstić information content (AvgIpc) is 2.81. The largest absolute Gasteiger partial charge is 0.339 e. The van der Waals surface area contributed by atoms with Crippen molar-refractivity contribution >= 4 is 50.4 Å². The van der Waals surface area contributed by atoms with E-state index in [-0.39, 0.29) is 5.69 Å². The van der Waals surface area contributed by atoms with Gasteiger partial charge in [-0.05, 0) is 35.8 Å². The maximum absolute atomic E-state index is 10.8. The summed E-state index contributed by atoms with van der Waals surface area (Å²) in [5.74, 6) is 0.593. The van der Waals surface area contributed by atoms with Crippen LogP contribution < -0.4 is 5.32 Å². The summed E-state index contributed by atoms with van der Waals surface area (Å²) in [5, 5.41) is 15.3. The van der Waals surface area contributed by atoms with Crippen LogP contribution in [0.1, 0.15) is 0 Å². The molecule has 3 aromatic rings. The molecule has 1 N–H and O–H groups in total. The van der Waals surface area contributed by atoms with Gasteiger partial charge in [0.15, 0.2) is 5.82 Å². The second-order valence-corrected chi connectivity index (χ2v) is 5.35. The van der Waals surface area contributed by atoms with Crippen molar-refractivity contribution in [1.29, 1.82) is 0 Å². The maximum atomic E-state index is 10.8. The van der Waals surface area contributed by atoms with Crippen molar-refractivity contribution in [3.63, 3.8) is 0 Å². The lowest BCUT2D eigenvalue weighted by molar-refractivity contribution is -0.384. The number of nitro benzene ring substituents is 1. The predicted molar refractivity (Wildman–Crippen MR) is 81.0 cm³/mol. The highest BCUT2D eigenvalue weighted by atomic mass is 35.5. The number of nitro groups is 1. The first-order chi connectivity index (χ1) is 9.63. The minimum absolute atomic E-state index is 0.0480. The van der Waals surface area contributed by atoms with Crippen molar-refractivity contribution in [3.8, 4) is 0 Å². The summed E-state index contributed by atoms with van der Waals surface area (Å²) in [6.45, 7) is 0. The van der Waals surface area contributed by atoms with E-state index in [1.807, 2.05) is 12.1 Å². The van der Waals surface area contributed by atoms with Crippen molar-refractivity contribution in [2.24, 2.45) is 0 Å². The van der Waals surface area contributed by atoms with E-state index < -0.39 is 4.92 Å². The number of hydrogen-bond acceptors (Lipinski definition) is 5. The van der Waals surface area contributed by atoms with Crippen LogP contribution in [0.15, 0.2) is 42.5 Å². The van der Waals surface area contributed by atoms with E-state index in [0.717, 1.165) is 15.8 Å². The zero-order valence-corrected chi connectivity index (χ0v) is 11.6. The Labute approximate surface area is 123 Å². The van der Waals surface area contributed by atoms with E-state index in [2.05, 4.69) is 9.69 Å². The lowest BCUT2D eigenvalue weighted by Crippen LogP contribution is -1.91. The minimum atomic E-state index is -0.416. The number of fused-ring (bicyclic) bond motifs is 1. The molecule has 0 spiro atoms. The van der Waals surface area contributed by atoms with E-state index in [9.17, 15) is 10.1 Å². The number of nitrogens with zero attached hydrogens (tertiary/aromatic N) is 2. The number of halogens is 1. The highest BCUT2D eigenvalue weighted by Gasteiger charge is 2.12. The first-order valence-corrected chi connectivity index (χ1v) is 6.85. The summed E-state index contributed by atoms with van der Waals surface area (Å²) in [6.07, 6.45) is 0. The number of anilines is 2. The van der Waals surface area contributed by atoms with Gasteiger partial charge in [0.25, 0.3) is 5.69 Å². The fourth-order valence-corrected chi connectivity index (χ4v) is 2.74. The van der Waals surface area contributed by atoms with Crippen LogP contribution >= 0.6 is 23.1 Å². The fourth-order valence-electron chi connectivity index (χ4n) is 1.83. The Hall–Kier alpha value is -2.18. The van der Waals surface area contributed by atoms with Crippen LogP contribution in [0.5, 0.6) is 0 Å². The number of hydrogen-bond donors (Lipinski definition) is 1. The lowest BCUT2D eigenvalue weighted by atomic mass is 10.2. The van der Waals surface area contributed by atoms with Crippen molar-refractivity contribution < 1.29 is 4.92 Å². The van der Waals surface area contributed by atoms with Crippen molar-refractivity contribution in [2.45, 2.75) is 0 Å². The Morgan fingerprint density at radius 1 is 1.25 bits per heavy atom. The molecule has 20 heavy (non-hydrogen) atoms. The summed E-state index contributed by atoms with van der Waals surface area (Å²) < 4.78 is 5.17. The standard InChI is InChI=1S/C13H8ClN3O2S/c14-8-2-1-3-9(6-8)15-13-11-7-10(17(18)19)4-5-12(11)20-16-13/h1-7H,(H,15,16). The summed E-state index contributed by atoms with van der Waals surface area (Å²) in [7, 11) is 0. The quantitative estimate of drug-likeness (QED) is 0.567. The Bertz CT molecular complexity index is 803. The number of nitrogens with one attached hydrogen (secondary N) is 1. The molecule has 0 fully saturated rings.